The molecule has 0 saturated carbocycles. The van der Waals surface area contributed by atoms with E-state index in [0.29, 0.717) is 5.39 Å². The number of aryl methyl sites for hydroxylation is 2. The molecule has 3 rings (SSSR count). The lowest BCUT2D eigenvalue weighted by molar-refractivity contribution is -0.116. The van der Waals surface area contributed by atoms with Crippen molar-refractivity contribution in [1.29, 1.82) is 0 Å². The number of benzene rings is 1. The summed E-state index contributed by atoms with van der Waals surface area (Å²) in [5.41, 5.74) is 1.69. The molecule has 0 radical (unpaired) electrons. The summed E-state index contributed by atoms with van der Waals surface area (Å²) in [6, 6.07) is 11.3. The number of nitrogens with zero attached hydrogens (tertiary/aromatic N) is 1. The van der Waals surface area contributed by atoms with Crippen LogP contribution in [-0.4, -0.2) is 10.5 Å². The minimum atomic E-state index is -0.209. The SMILES string of the molecule is Cc1cccc(NC(=O)Cn2ccc3sc(C)cc3c2=O)c1. The zero-order valence-electron chi connectivity index (χ0n) is 12.4. The first-order valence-electron chi connectivity index (χ1n) is 6.99. The fourth-order valence-electron chi connectivity index (χ4n) is 2.41. The van der Waals surface area contributed by atoms with Crippen LogP contribution in [0.3, 0.4) is 0 Å². The fraction of sp³-hybridized carbons (Fsp3) is 0.176. The van der Waals surface area contributed by atoms with E-state index in [1.165, 1.54) is 4.57 Å². The average Bonchev–Trinajstić information content (AvgIpc) is 2.83. The van der Waals surface area contributed by atoms with E-state index in [4.69, 9.17) is 0 Å². The Balaban J connectivity index is 1.82. The van der Waals surface area contributed by atoms with Gasteiger partial charge in [-0.05, 0) is 43.7 Å². The van der Waals surface area contributed by atoms with Crippen molar-refractivity contribution >= 4 is 33.0 Å². The molecular formula is C17H16N2O2S. The zero-order valence-corrected chi connectivity index (χ0v) is 13.2. The van der Waals surface area contributed by atoms with E-state index in [0.717, 1.165) is 20.8 Å². The first kappa shape index (κ1) is 14.5. The first-order valence-corrected chi connectivity index (χ1v) is 7.81. The molecule has 0 aliphatic rings. The molecule has 3 aromatic rings. The van der Waals surface area contributed by atoms with Crippen LogP contribution >= 0.6 is 11.3 Å². The largest absolute Gasteiger partial charge is 0.325 e. The highest BCUT2D eigenvalue weighted by Gasteiger charge is 2.09. The van der Waals surface area contributed by atoms with Crippen molar-refractivity contribution in [2.24, 2.45) is 0 Å². The van der Waals surface area contributed by atoms with Crippen LogP contribution in [0.1, 0.15) is 10.4 Å². The molecule has 0 fully saturated rings. The minimum absolute atomic E-state index is 0.0115. The van der Waals surface area contributed by atoms with E-state index < -0.39 is 0 Å². The van der Waals surface area contributed by atoms with E-state index >= 15 is 0 Å². The molecule has 0 spiro atoms. The first-order chi connectivity index (χ1) is 10.5. The van der Waals surface area contributed by atoms with Gasteiger partial charge in [-0.3, -0.25) is 9.59 Å². The number of nitrogens with one attached hydrogen (secondary N) is 1. The Morgan fingerprint density at radius 1 is 1.23 bits per heavy atom. The van der Waals surface area contributed by atoms with Gasteiger partial charge in [0.2, 0.25) is 5.91 Å². The predicted molar refractivity (Wildman–Crippen MR) is 90.6 cm³/mol. The number of pyridine rings is 1. The Hall–Kier alpha value is -2.40. The van der Waals surface area contributed by atoms with Crippen LogP contribution in [0.4, 0.5) is 5.69 Å². The number of thiophene rings is 1. The highest BCUT2D eigenvalue weighted by Crippen LogP contribution is 2.21. The molecule has 0 aliphatic heterocycles. The van der Waals surface area contributed by atoms with Crippen LogP contribution < -0.4 is 10.9 Å². The summed E-state index contributed by atoms with van der Waals surface area (Å²) >= 11 is 1.58. The van der Waals surface area contributed by atoms with Gasteiger partial charge in [0.15, 0.2) is 0 Å². The van der Waals surface area contributed by atoms with Crippen LogP contribution in [0.5, 0.6) is 0 Å². The highest BCUT2D eigenvalue weighted by atomic mass is 32.1. The fourth-order valence-corrected chi connectivity index (χ4v) is 3.31. The Labute approximate surface area is 132 Å². The van der Waals surface area contributed by atoms with Gasteiger partial charge in [0.05, 0.1) is 5.39 Å². The lowest BCUT2D eigenvalue weighted by Crippen LogP contribution is -2.27. The molecule has 0 bridgehead atoms. The Kier molecular flexibility index (Phi) is 3.81. The molecule has 0 atom stereocenters. The quantitative estimate of drug-likeness (QED) is 0.806. The Morgan fingerprint density at radius 2 is 2.05 bits per heavy atom. The molecule has 22 heavy (non-hydrogen) atoms. The Morgan fingerprint density at radius 3 is 2.82 bits per heavy atom. The third-order valence-electron chi connectivity index (χ3n) is 3.40. The molecule has 0 aliphatic carbocycles. The molecule has 1 aromatic carbocycles. The maximum Gasteiger partial charge on any atom is 0.259 e. The third kappa shape index (κ3) is 2.94. The van der Waals surface area contributed by atoms with E-state index in [1.54, 1.807) is 17.5 Å². The van der Waals surface area contributed by atoms with Gasteiger partial charge in [-0.1, -0.05) is 12.1 Å². The zero-order chi connectivity index (χ0) is 15.7. The summed E-state index contributed by atoms with van der Waals surface area (Å²) in [6.45, 7) is 3.95. The van der Waals surface area contributed by atoms with Crippen LogP contribution in [0.2, 0.25) is 0 Å². The molecule has 112 valence electrons. The standard InChI is InChI=1S/C17H16N2O2S/c1-11-4-3-5-13(8-11)18-16(20)10-19-7-6-15-14(17(19)21)9-12(2)22-15/h3-9H,10H2,1-2H3,(H,18,20). The van der Waals surface area contributed by atoms with Crippen molar-refractivity contribution in [1.82, 2.24) is 4.57 Å². The Bertz CT molecular complexity index is 908. The minimum Gasteiger partial charge on any atom is -0.325 e. The van der Waals surface area contributed by atoms with Gasteiger partial charge in [-0.25, -0.2) is 0 Å². The number of carbonyl (C=O) groups is 1. The number of amides is 1. The van der Waals surface area contributed by atoms with Crippen molar-refractivity contribution in [3.63, 3.8) is 0 Å². The van der Waals surface area contributed by atoms with Gasteiger partial charge < -0.3 is 9.88 Å². The molecule has 1 N–H and O–H groups in total. The number of rotatable bonds is 3. The summed E-state index contributed by atoms with van der Waals surface area (Å²) in [6.07, 6.45) is 1.68. The molecule has 4 nitrogen and oxygen atoms in total. The third-order valence-corrected chi connectivity index (χ3v) is 4.41. The van der Waals surface area contributed by atoms with Gasteiger partial charge in [0, 0.05) is 21.5 Å². The van der Waals surface area contributed by atoms with Crippen LogP contribution in [0.25, 0.3) is 10.1 Å². The van der Waals surface area contributed by atoms with Crippen molar-refractivity contribution in [3.8, 4) is 0 Å². The smallest absolute Gasteiger partial charge is 0.259 e. The van der Waals surface area contributed by atoms with Crippen molar-refractivity contribution in [2.45, 2.75) is 20.4 Å². The lowest BCUT2D eigenvalue weighted by Gasteiger charge is -2.08. The van der Waals surface area contributed by atoms with Crippen LogP contribution in [0, 0.1) is 13.8 Å². The number of anilines is 1. The maximum absolute atomic E-state index is 12.4. The van der Waals surface area contributed by atoms with Gasteiger partial charge in [0.25, 0.3) is 5.56 Å². The number of aromatic nitrogens is 1. The molecule has 0 unspecified atom stereocenters. The number of hydrogen-bond donors (Lipinski definition) is 1. The second kappa shape index (κ2) is 5.77. The number of carbonyl (C=O) groups excluding carboxylic acids is 1. The van der Waals surface area contributed by atoms with Gasteiger partial charge >= 0.3 is 0 Å². The second-order valence-electron chi connectivity index (χ2n) is 5.30. The van der Waals surface area contributed by atoms with Gasteiger partial charge in [-0.2, -0.15) is 0 Å². The van der Waals surface area contributed by atoms with Crippen LogP contribution in [0.15, 0.2) is 47.4 Å². The van der Waals surface area contributed by atoms with Crippen molar-refractivity contribution in [2.75, 3.05) is 5.32 Å². The average molecular weight is 312 g/mol. The van der Waals surface area contributed by atoms with E-state index in [1.807, 2.05) is 50.2 Å². The van der Waals surface area contributed by atoms with Gasteiger partial charge in [-0.15, -0.1) is 11.3 Å². The maximum atomic E-state index is 12.4. The second-order valence-corrected chi connectivity index (χ2v) is 6.59. The molecule has 0 saturated heterocycles. The monoisotopic (exact) mass is 312 g/mol. The topological polar surface area (TPSA) is 51.1 Å². The predicted octanol–water partition coefficient (Wildman–Crippen LogP) is 3.32. The summed E-state index contributed by atoms with van der Waals surface area (Å²) in [5, 5.41) is 3.49. The van der Waals surface area contributed by atoms with Crippen LogP contribution in [-0.2, 0) is 11.3 Å². The molecule has 1 amide bonds. The normalized spacial score (nSPS) is 10.8. The van der Waals surface area contributed by atoms with E-state index in [9.17, 15) is 9.59 Å². The molecular weight excluding hydrogens is 296 g/mol. The number of fused-ring (bicyclic) bond motifs is 1. The molecule has 2 heterocycles. The van der Waals surface area contributed by atoms with E-state index in [2.05, 4.69) is 5.32 Å². The summed E-state index contributed by atoms with van der Waals surface area (Å²) in [5.74, 6) is -0.209. The molecule has 2 aromatic heterocycles. The highest BCUT2D eigenvalue weighted by molar-refractivity contribution is 7.18. The summed E-state index contributed by atoms with van der Waals surface area (Å²) in [7, 11) is 0. The molecule has 5 heteroatoms. The van der Waals surface area contributed by atoms with Crippen molar-refractivity contribution < 1.29 is 4.79 Å². The summed E-state index contributed by atoms with van der Waals surface area (Å²) < 4.78 is 2.40. The number of hydrogen-bond acceptors (Lipinski definition) is 3. The van der Waals surface area contributed by atoms with E-state index in [-0.39, 0.29) is 18.0 Å². The summed E-state index contributed by atoms with van der Waals surface area (Å²) in [4.78, 5) is 25.6. The van der Waals surface area contributed by atoms with Gasteiger partial charge in [0.1, 0.15) is 6.54 Å². The lowest BCUT2D eigenvalue weighted by atomic mass is 10.2. The van der Waals surface area contributed by atoms with Crippen molar-refractivity contribution in [3.05, 3.63) is 63.4 Å².